The van der Waals surface area contributed by atoms with Crippen LogP contribution in [0.2, 0.25) is 0 Å². The molecule has 0 bridgehead atoms. The number of carbonyl (C=O) groups is 1. The Bertz CT molecular complexity index is 809. The monoisotopic (exact) mass is 400 g/mol. The molecule has 2 aromatic rings. The molecule has 0 aliphatic carbocycles. The SMILES string of the molecule is CCNC(=O)c1cccc(CN=C(NCC)NCC(C)Oc2ccc(F)cc2)c1. The Kier molecular flexibility index (Phi) is 8.95. The first kappa shape index (κ1) is 22.2. The summed E-state index contributed by atoms with van der Waals surface area (Å²) in [6.07, 6.45) is -0.134. The highest BCUT2D eigenvalue weighted by Gasteiger charge is 2.07. The number of nitrogens with one attached hydrogen (secondary N) is 3. The van der Waals surface area contributed by atoms with E-state index < -0.39 is 0 Å². The number of ether oxygens (including phenoxy) is 1. The Morgan fingerprint density at radius 2 is 1.79 bits per heavy atom. The van der Waals surface area contributed by atoms with E-state index in [0.717, 1.165) is 12.1 Å². The Hall–Kier alpha value is -3.09. The molecule has 156 valence electrons. The van der Waals surface area contributed by atoms with Gasteiger partial charge in [-0.2, -0.15) is 0 Å². The number of hydrogen-bond acceptors (Lipinski definition) is 3. The summed E-state index contributed by atoms with van der Waals surface area (Å²) in [6, 6.07) is 13.4. The first-order valence-corrected chi connectivity index (χ1v) is 9.83. The van der Waals surface area contributed by atoms with Crippen molar-refractivity contribution < 1.29 is 13.9 Å². The standard InChI is InChI=1S/C22H29FN4O2/c1-4-24-21(28)18-8-6-7-17(13-18)15-27-22(25-5-2)26-14-16(3)29-20-11-9-19(23)10-12-20/h6-13,16H,4-5,14-15H2,1-3H3,(H,24,28)(H2,25,26,27). The van der Waals surface area contributed by atoms with Gasteiger partial charge in [0.2, 0.25) is 0 Å². The van der Waals surface area contributed by atoms with Crippen LogP contribution in [0, 0.1) is 5.82 Å². The molecule has 1 unspecified atom stereocenters. The van der Waals surface area contributed by atoms with Crippen LogP contribution in [-0.4, -0.2) is 37.6 Å². The second-order valence-electron chi connectivity index (χ2n) is 6.52. The first-order chi connectivity index (χ1) is 14.0. The number of rotatable bonds is 9. The van der Waals surface area contributed by atoms with Crippen molar-refractivity contribution in [1.29, 1.82) is 0 Å². The van der Waals surface area contributed by atoms with Crippen LogP contribution in [0.15, 0.2) is 53.5 Å². The topological polar surface area (TPSA) is 74.8 Å². The van der Waals surface area contributed by atoms with Gasteiger partial charge in [0.15, 0.2) is 5.96 Å². The average Bonchev–Trinajstić information content (AvgIpc) is 2.72. The van der Waals surface area contributed by atoms with Crippen molar-refractivity contribution in [2.24, 2.45) is 4.99 Å². The van der Waals surface area contributed by atoms with E-state index in [0.29, 0.717) is 36.9 Å². The van der Waals surface area contributed by atoms with Crippen molar-refractivity contribution in [3.05, 3.63) is 65.5 Å². The minimum Gasteiger partial charge on any atom is -0.489 e. The number of hydrogen-bond donors (Lipinski definition) is 3. The third kappa shape index (κ3) is 7.81. The number of guanidine groups is 1. The van der Waals surface area contributed by atoms with Crippen molar-refractivity contribution >= 4 is 11.9 Å². The molecule has 0 saturated heterocycles. The van der Waals surface area contributed by atoms with E-state index in [9.17, 15) is 9.18 Å². The molecule has 1 atom stereocenters. The van der Waals surface area contributed by atoms with Crippen LogP contribution < -0.4 is 20.7 Å². The molecule has 3 N–H and O–H groups in total. The largest absolute Gasteiger partial charge is 0.489 e. The van der Waals surface area contributed by atoms with E-state index in [1.165, 1.54) is 12.1 Å². The lowest BCUT2D eigenvalue weighted by atomic mass is 10.1. The Morgan fingerprint density at radius 3 is 2.48 bits per heavy atom. The maximum Gasteiger partial charge on any atom is 0.251 e. The molecule has 0 heterocycles. The normalized spacial score (nSPS) is 12.2. The van der Waals surface area contributed by atoms with Crippen LogP contribution in [-0.2, 0) is 6.54 Å². The van der Waals surface area contributed by atoms with Crippen molar-refractivity contribution in [2.75, 3.05) is 19.6 Å². The highest BCUT2D eigenvalue weighted by molar-refractivity contribution is 5.94. The molecule has 2 aromatic carbocycles. The van der Waals surface area contributed by atoms with Gasteiger partial charge in [0.1, 0.15) is 17.7 Å². The molecular formula is C22H29FN4O2. The second kappa shape index (κ2) is 11.7. The number of nitrogens with zero attached hydrogens (tertiary/aromatic N) is 1. The van der Waals surface area contributed by atoms with Gasteiger partial charge in [-0.3, -0.25) is 4.79 Å². The van der Waals surface area contributed by atoms with Crippen molar-refractivity contribution in [3.63, 3.8) is 0 Å². The zero-order valence-corrected chi connectivity index (χ0v) is 17.2. The van der Waals surface area contributed by atoms with Crippen molar-refractivity contribution in [1.82, 2.24) is 16.0 Å². The molecule has 0 aromatic heterocycles. The van der Waals surface area contributed by atoms with Crippen LogP contribution >= 0.6 is 0 Å². The van der Waals surface area contributed by atoms with Crippen molar-refractivity contribution in [3.8, 4) is 5.75 Å². The fourth-order valence-electron chi connectivity index (χ4n) is 2.61. The summed E-state index contributed by atoms with van der Waals surface area (Å²) in [5, 5.41) is 9.23. The van der Waals surface area contributed by atoms with Gasteiger partial charge in [-0.25, -0.2) is 9.38 Å². The summed E-state index contributed by atoms with van der Waals surface area (Å²) in [6.45, 7) is 8.09. The summed E-state index contributed by atoms with van der Waals surface area (Å²) in [5.74, 6) is 0.895. The van der Waals surface area contributed by atoms with E-state index in [1.54, 1.807) is 18.2 Å². The minimum absolute atomic E-state index is 0.0878. The zero-order valence-electron chi connectivity index (χ0n) is 17.2. The maximum atomic E-state index is 13.0. The van der Waals surface area contributed by atoms with Crippen LogP contribution in [0.3, 0.4) is 0 Å². The Labute approximate surface area is 171 Å². The Morgan fingerprint density at radius 1 is 1.07 bits per heavy atom. The van der Waals surface area contributed by atoms with Crippen LogP contribution in [0.25, 0.3) is 0 Å². The third-order valence-electron chi connectivity index (χ3n) is 4.00. The van der Waals surface area contributed by atoms with Gasteiger partial charge in [0, 0.05) is 18.7 Å². The average molecular weight is 400 g/mol. The van der Waals surface area contributed by atoms with Gasteiger partial charge in [0.25, 0.3) is 5.91 Å². The molecule has 29 heavy (non-hydrogen) atoms. The molecule has 0 saturated carbocycles. The molecule has 0 aliphatic rings. The fourth-order valence-corrected chi connectivity index (χ4v) is 2.61. The van der Waals surface area contributed by atoms with E-state index in [4.69, 9.17) is 4.74 Å². The zero-order chi connectivity index (χ0) is 21.1. The fraction of sp³-hybridized carbons (Fsp3) is 0.364. The Balaban J connectivity index is 1.92. The predicted molar refractivity (Wildman–Crippen MR) is 114 cm³/mol. The molecule has 2 rings (SSSR count). The summed E-state index contributed by atoms with van der Waals surface area (Å²) >= 11 is 0. The smallest absolute Gasteiger partial charge is 0.251 e. The van der Waals surface area contributed by atoms with Gasteiger partial charge in [-0.05, 0) is 62.7 Å². The summed E-state index contributed by atoms with van der Waals surface area (Å²) < 4.78 is 18.8. The first-order valence-electron chi connectivity index (χ1n) is 9.83. The lowest BCUT2D eigenvalue weighted by Gasteiger charge is -2.17. The molecule has 7 heteroatoms. The van der Waals surface area contributed by atoms with Gasteiger partial charge in [0.05, 0.1) is 13.1 Å². The maximum absolute atomic E-state index is 13.0. The number of amides is 1. The van der Waals surface area contributed by atoms with E-state index >= 15 is 0 Å². The molecule has 0 radical (unpaired) electrons. The lowest BCUT2D eigenvalue weighted by Crippen LogP contribution is -2.41. The van der Waals surface area contributed by atoms with Gasteiger partial charge >= 0.3 is 0 Å². The van der Waals surface area contributed by atoms with E-state index in [-0.39, 0.29) is 17.8 Å². The van der Waals surface area contributed by atoms with Crippen molar-refractivity contribution in [2.45, 2.75) is 33.4 Å². The highest BCUT2D eigenvalue weighted by Crippen LogP contribution is 2.12. The molecule has 0 fully saturated rings. The third-order valence-corrected chi connectivity index (χ3v) is 4.00. The molecule has 0 aliphatic heterocycles. The van der Waals surface area contributed by atoms with E-state index in [2.05, 4.69) is 20.9 Å². The quantitative estimate of drug-likeness (QED) is 0.447. The van der Waals surface area contributed by atoms with Crippen LogP contribution in [0.5, 0.6) is 5.75 Å². The lowest BCUT2D eigenvalue weighted by molar-refractivity contribution is 0.0955. The number of halogens is 1. The van der Waals surface area contributed by atoms with Crippen LogP contribution in [0.4, 0.5) is 4.39 Å². The number of aliphatic imine (C=N–C) groups is 1. The summed E-state index contributed by atoms with van der Waals surface area (Å²) in [7, 11) is 0. The van der Waals surface area contributed by atoms with Gasteiger partial charge < -0.3 is 20.7 Å². The molecule has 1 amide bonds. The number of benzene rings is 2. The molecule has 0 spiro atoms. The predicted octanol–water partition coefficient (Wildman–Crippen LogP) is 3.10. The second-order valence-corrected chi connectivity index (χ2v) is 6.52. The minimum atomic E-state index is -0.291. The van der Waals surface area contributed by atoms with E-state index in [1.807, 2.05) is 39.0 Å². The van der Waals surface area contributed by atoms with Gasteiger partial charge in [-0.15, -0.1) is 0 Å². The summed E-state index contributed by atoms with van der Waals surface area (Å²) in [4.78, 5) is 16.6. The molecular weight excluding hydrogens is 371 g/mol. The number of carbonyl (C=O) groups excluding carboxylic acids is 1. The highest BCUT2D eigenvalue weighted by atomic mass is 19.1. The van der Waals surface area contributed by atoms with Crippen LogP contribution in [0.1, 0.15) is 36.7 Å². The summed E-state index contributed by atoms with van der Waals surface area (Å²) in [5.41, 5.74) is 1.57. The van der Waals surface area contributed by atoms with Gasteiger partial charge in [-0.1, -0.05) is 12.1 Å². The molecule has 6 nitrogen and oxygen atoms in total.